The molecule has 0 aliphatic carbocycles. The summed E-state index contributed by atoms with van der Waals surface area (Å²) in [5.74, 6) is -7.20. The molecule has 0 bridgehead atoms. The third-order valence-corrected chi connectivity index (χ3v) is 9.69. The first-order valence-corrected chi connectivity index (χ1v) is 19.1. The van der Waals surface area contributed by atoms with E-state index in [4.69, 9.17) is 9.47 Å². The normalized spacial score (nSPS) is 20.0. The molecule has 0 saturated carbocycles. The Labute approximate surface area is 334 Å². The number of fused-ring (bicyclic) bond motifs is 1. The van der Waals surface area contributed by atoms with Gasteiger partial charge >= 0.3 is 23.9 Å². The predicted molar refractivity (Wildman–Crippen MR) is 206 cm³/mol. The molecule has 1 aliphatic heterocycles. The number of esters is 1. The van der Waals surface area contributed by atoms with E-state index in [0.717, 1.165) is 19.3 Å². The molecule has 10 N–H and O–H groups in total. The highest BCUT2D eigenvalue weighted by molar-refractivity contribution is 5.97. The van der Waals surface area contributed by atoms with E-state index in [9.17, 15) is 53.7 Å². The van der Waals surface area contributed by atoms with Crippen LogP contribution in [-0.4, -0.2) is 125 Å². The van der Waals surface area contributed by atoms with Crippen LogP contribution in [0.5, 0.6) is 5.75 Å². The fourth-order valence-corrected chi connectivity index (χ4v) is 6.75. The van der Waals surface area contributed by atoms with E-state index in [1.807, 2.05) is 6.92 Å². The minimum atomic E-state index is -1.95. The summed E-state index contributed by atoms with van der Waals surface area (Å²) >= 11 is 0. The van der Waals surface area contributed by atoms with Gasteiger partial charge in [0.25, 0.3) is 5.91 Å². The Morgan fingerprint density at radius 3 is 2.29 bits per heavy atom. The summed E-state index contributed by atoms with van der Waals surface area (Å²) in [5.41, 5.74) is 1.13. The van der Waals surface area contributed by atoms with Crippen LogP contribution in [0.15, 0.2) is 24.4 Å². The van der Waals surface area contributed by atoms with E-state index < -0.39 is 110 Å². The summed E-state index contributed by atoms with van der Waals surface area (Å²) in [7, 11) is 1.44. The molecule has 20 heteroatoms. The zero-order valence-corrected chi connectivity index (χ0v) is 33.2. The fourth-order valence-electron chi connectivity index (χ4n) is 6.75. The summed E-state index contributed by atoms with van der Waals surface area (Å²) in [6.45, 7) is 5.89. The molecule has 0 spiro atoms. The lowest BCUT2D eigenvalue weighted by molar-refractivity contribution is -0.151. The number of aromatic amines is 1. The molecule has 320 valence electrons. The molecule has 1 aromatic carbocycles. The van der Waals surface area contributed by atoms with Crippen molar-refractivity contribution in [2.45, 2.75) is 96.5 Å². The number of benzene rings is 1. The third kappa shape index (κ3) is 13.9. The van der Waals surface area contributed by atoms with Crippen LogP contribution in [0, 0.1) is 17.8 Å². The number of nitrogens with one attached hydrogen (secondary N) is 7. The highest BCUT2D eigenvalue weighted by atomic mass is 16.5. The van der Waals surface area contributed by atoms with Crippen LogP contribution in [0.4, 0.5) is 4.79 Å². The Balaban J connectivity index is 1.67. The first-order chi connectivity index (χ1) is 27.4. The van der Waals surface area contributed by atoms with Crippen molar-refractivity contribution in [3.8, 4) is 5.75 Å². The second-order valence-corrected chi connectivity index (χ2v) is 14.7. The molecule has 20 nitrogen and oxygen atoms in total. The lowest BCUT2D eigenvalue weighted by Crippen LogP contribution is -2.60. The van der Waals surface area contributed by atoms with E-state index >= 15 is 0 Å². The van der Waals surface area contributed by atoms with Crippen molar-refractivity contribution in [1.29, 1.82) is 0 Å². The molecule has 8 atom stereocenters. The number of aliphatic carboxylic acids is 2. The molecule has 1 aromatic heterocycles. The number of cyclic esters (lactones) is 1. The topological polar surface area (TPSA) is 304 Å². The molecule has 1 aliphatic rings. The Morgan fingerprint density at radius 1 is 0.931 bits per heavy atom. The standard InChI is InChI=1S/C38H55N7O13/c1-6-8-19(2)11-20(3)12-21(4)32(48)45-27(37(54)55)17-41-38(56)40-16-26-34(50)42-24(14-30(47)58-18-28(46)35(51)44-26)33(49)43-25(36(52)53)13-22-15-39-23-9-7-10-29(57-5)31(22)23/h7,9-10,15,19-21,24-28,39,46H,6,8,11-14,16-18H2,1-5H3,(H,42,50)(H,43,49)(H,44,51)(H,45,48)(H,52,53)(H,54,55)(H2,40,41,56). The van der Waals surface area contributed by atoms with Gasteiger partial charge in [0.15, 0.2) is 6.10 Å². The van der Waals surface area contributed by atoms with Crippen LogP contribution in [-0.2, 0) is 44.7 Å². The maximum Gasteiger partial charge on any atom is 0.328 e. The lowest BCUT2D eigenvalue weighted by Gasteiger charge is -2.24. The van der Waals surface area contributed by atoms with Gasteiger partial charge in [0.2, 0.25) is 17.7 Å². The van der Waals surface area contributed by atoms with Crippen molar-refractivity contribution in [1.82, 2.24) is 36.9 Å². The second-order valence-electron chi connectivity index (χ2n) is 14.7. The molecule has 3 rings (SSSR count). The van der Waals surface area contributed by atoms with E-state index in [-0.39, 0.29) is 12.3 Å². The van der Waals surface area contributed by atoms with Gasteiger partial charge in [-0.1, -0.05) is 46.6 Å². The monoisotopic (exact) mass is 817 g/mol. The van der Waals surface area contributed by atoms with E-state index in [1.165, 1.54) is 7.11 Å². The molecule has 1 fully saturated rings. The van der Waals surface area contributed by atoms with Crippen molar-refractivity contribution >= 4 is 58.5 Å². The maximum atomic E-state index is 13.5. The highest BCUT2D eigenvalue weighted by Crippen LogP contribution is 2.29. The number of carbonyl (C=O) groups excluding carboxylic acids is 6. The highest BCUT2D eigenvalue weighted by Gasteiger charge is 2.35. The van der Waals surface area contributed by atoms with Crippen LogP contribution < -0.4 is 36.6 Å². The van der Waals surface area contributed by atoms with Gasteiger partial charge in [-0.05, 0) is 42.4 Å². The number of aromatic nitrogens is 1. The van der Waals surface area contributed by atoms with E-state index in [0.29, 0.717) is 34.6 Å². The van der Waals surface area contributed by atoms with E-state index in [1.54, 1.807) is 31.3 Å². The summed E-state index contributed by atoms with van der Waals surface area (Å²) in [4.78, 5) is 105. The van der Waals surface area contributed by atoms with Gasteiger partial charge in [0.05, 0.1) is 20.1 Å². The van der Waals surface area contributed by atoms with Gasteiger partial charge < -0.3 is 61.7 Å². The molecule has 58 heavy (non-hydrogen) atoms. The van der Waals surface area contributed by atoms with Gasteiger partial charge in [-0.3, -0.25) is 24.0 Å². The van der Waals surface area contributed by atoms with Crippen LogP contribution >= 0.6 is 0 Å². The number of ether oxygens (including phenoxy) is 2. The third-order valence-electron chi connectivity index (χ3n) is 9.69. The van der Waals surface area contributed by atoms with Gasteiger partial charge in [0, 0.05) is 36.0 Å². The Bertz CT molecular complexity index is 1800. The maximum absolute atomic E-state index is 13.5. The number of methoxy groups -OCH3 is 1. The number of urea groups is 1. The number of H-pyrrole nitrogens is 1. The average molecular weight is 818 g/mol. The number of amides is 6. The molecule has 2 heterocycles. The summed E-state index contributed by atoms with van der Waals surface area (Å²) in [6.07, 6.45) is 2.10. The second kappa shape index (κ2) is 22.1. The number of hydrogen-bond acceptors (Lipinski definition) is 11. The minimum Gasteiger partial charge on any atom is -0.496 e. The summed E-state index contributed by atoms with van der Waals surface area (Å²) in [5, 5.41) is 44.3. The SMILES string of the molecule is CCCC(C)CC(C)CC(C)C(=O)NC(CNC(=O)NCC1NC(=O)C(O)COC(=O)CC(C(=O)NC(Cc2c[nH]c3cccc(OC)c23)C(=O)O)NC1=O)C(=O)O. The van der Waals surface area contributed by atoms with Crippen molar-refractivity contribution in [3.63, 3.8) is 0 Å². The van der Waals surface area contributed by atoms with Crippen molar-refractivity contribution in [2.24, 2.45) is 17.8 Å². The molecule has 0 radical (unpaired) electrons. The first-order valence-electron chi connectivity index (χ1n) is 19.1. The number of hydrogen-bond donors (Lipinski definition) is 10. The first kappa shape index (κ1) is 46.5. The summed E-state index contributed by atoms with van der Waals surface area (Å²) in [6, 6.07) is -2.34. The van der Waals surface area contributed by atoms with E-state index in [2.05, 4.69) is 50.7 Å². The number of rotatable bonds is 19. The smallest absolute Gasteiger partial charge is 0.328 e. The molecular formula is C38H55N7O13. The Hall–Kier alpha value is -5.92. The number of carboxylic acid groups (broad SMARTS) is 2. The number of aliphatic hydroxyl groups excluding tert-OH is 1. The number of carbonyl (C=O) groups is 8. The van der Waals surface area contributed by atoms with Crippen LogP contribution in [0.2, 0.25) is 0 Å². The van der Waals surface area contributed by atoms with Crippen molar-refractivity contribution in [2.75, 3.05) is 26.8 Å². The predicted octanol–water partition coefficient (Wildman–Crippen LogP) is -0.0770. The molecular weight excluding hydrogens is 762 g/mol. The molecule has 8 unspecified atom stereocenters. The number of aliphatic hydroxyl groups is 1. The van der Waals surface area contributed by atoms with Crippen molar-refractivity contribution in [3.05, 3.63) is 30.0 Å². The molecule has 6 amide bonds. The minimum absolute atomic E-state index is 0.222. The van der Waals surface area contributed by atoms with Crippen molar-refractivity contribution < 1.29 is 63.1 Å². The van der Waals surface area contributed by atoms with Crippen LogP contribution in [0.1, 0.15) is 65.4 Å². The number of carboxylic acids is 2. The van der Waals surface area contributed by atoms with Gasteiger partial charge in [0.1, 0.15) is 36.5 Å². The fraction of sp³-hybridized carbons (Fsp3) is 0.579. The van der Waals surface area contributed by atoms with Crippen LogP contribution in [0.25, 0.3) is 10.9 Å². The van der Waals surface area contributed by atoms with Gasteiger partial charge in [-0.15, -0.1) is 0 Å². The average Bonchev–Trinajstić information content (AvgIpc) is 3.58. The Kier molecular flexibility index (Phi) is 17.7. The Morgan fingerprint density at radius 2 is 1.64 bits per heavy atom. The van der Waals surface area contributed by atoms with Gasteiger partial charge in [-0.2, -0.15) is 0 Å². The van der Waals surface area contributed by atoms with Crippen LogP contribution in [0.3, 0.4) is 0 Å². The summed E-state index contributed by atoms with van der Waals surface area (Å²) < 4.78 is 10.3. The quantitative estimate of drug-likeness (QED) is 0.0832. The van der Waals surface area contributed by atoms with Gasteiger partial charge in [-0.25, -0.2) is 14.4 Å². The molecule has 1 saturated heterocycles. The zero-order valence-electron chi connectivity index (χ0n) is 33.2. The lowest BCUT2D eigenvalue weighted by atomic mass is 9.87. The zero-order chi connectivity index (χ0) is 43.1. The largest absolute Gasteiger partial charge is 0.496 e. The molecule has 2 aromatic rings.